The first-order valence-electron chi connectivity index (χ1n) is 6.50. The Morgan fingerprint density at radius 2 is 1.81 bits per heavy atom. The molecule has 0 aliphatic heterocycles. The van der Waals surface area contributed by atoms with Crippen molar-refractivity contribution < 1.29 is 4.92 Å². The predicted octanol–water partition coefficient (Wildman–Crippen LogP) is 4.46. The SMILES string of the molecule is CNc1cccc(NC(C)c2ccccc2Cl)c1[N+](=O)[O-]. The number of nitrogens with one attached hydrogen (secondary N) is 2. The number of hydrogen-bond donors (Lipinski definition) is 2. The van der Waals surface area contributed by atoms with Gasteiger partial charge in [0.15, 0.2) is 0 Å². The maximum atomic E-state index is 11.3. The first kappa shape index (κ1) is 15.1. The van der Waals surface area contributed by atoms with Crippen molar-refractivity contribution in [3.05, 3.63) is 63.2 Å². The van der Waals surface area contributed by atoms with Crippen molar-refractivity contribution in [2.45, 2.75) is 13.0 Å². The van der Waals surface area contributed by atoms with Crippen LogP contribution in [0.1, 0.15) is 18.5 Å². The third-order valence-corrected chi connectivity index (χ3v) is 3.58. The van der Waals surface area contributed by atoms with E-state index in [0.29, 0.717) is 16.4 Å². The van der Waals surface area contributed by atoms with Gasteiger partial charge in [-0.1, -0.05) is 35.9 Å². The van der Waals surface area contributed by atoms with Gasteiger partial charge in [-0.3, -0.25) is 10.1 Å². The van der Waals surface area contributed by atoms with Crippen LogP contribution in [0.3, 0.4) is 0 Å². The number of nitro groups is 1. The average Bonchev–Trinajstić information content (AvgIpc) is 2.46. The highest BCUT2D eigenvalue weighted by atomic mass is 35.5. The van der Waals surface area contributed by atoms with Gasteiger partial charge in [-0.05, 0) is 30.7 Å². The van der Waals surface area contributed by atoms with E-state index < -0.39 is 4.92 Å². The Hall–Kier alpha value is -2.27. The molecule has 2 rings (SSSR count). The zero-order valence-electron chi connectivity index (χ0n) is 11.8. The Kier molecular flexibility index (Phi) is 4.65. The van der Waals surface area contributed by atoms with Crippen LogP contribution in [0.5, 0.6) is 0 Å². The van der Waals surface area contributed by atoms with Gasteiger partial charge in [-0.25, -0.2) is 0 Å². The molecule has 2 aromatic rings. The molecule has 0 aliphatic carbocycles. The minimum atomic E-state index is -0.395. The molecule has 0 radical (unpaired) electrons. The second-order valence-electron chi connectivity index (χ2n) is 4.60. The number of anilines is 2. The van der Waals surface area contributed by atoms with E-state index in [4.69, 9.17) is 11.6 Å². The molecule has 0 aromatic heterocycles. The summed E-state index contributed by atoms with van der Waals surface area (Å²) >= 11 is 6.16. The summed E-state index contributed by atoms with van der Waals surface area (Å²) in [5, 5.41) is 17.9. The van der Waals surface area contributed by atoms with Gasteiger partial charge in [0.2, 0.25) is 0 Å². The molecule has 0 fully saturated rings. The second kappa shape index (κ2) is 6.45. The van der Waals surface area contributed by atoms with Gasteiger partial charge in [0.25, 0.3) is 0 Å². The third kappa shape index (κ3) is 3.25. The summed E-state index contributed by atoms with van der Waals surface area (Å²) in [6.45, 7) is 1.91. The highest BCUT2D eigenvalue weighted by molar-refractivity contribution is 6.31. The molecule has 1 atom stereocenters. The van der Waals surface area contributed by atoms with Crippen molar-refractivity contribution in [3.8, 4) is 0 Å². The van der Waals surface area contributed by atoms with Gasteiger partial charge in [0, 0.05) is 12.1 Å². The van der Waals surface area contributed by atoms with E-state index in [9.17, 15) is 10.1 Å². The minimum absolute atomic E-state index is 0.0268. The average molecular weight is 306 g/mol. The summed E-state index contributed by atoms with van der Waals surface area (Å²) in [4.78, 5) is 10.9. The number of nitrogens with zero attached hydrogens (tertiary/aromatic N) is 1. The summed E-state index contributed by atoms with van der Waals surface area (Å²) in [6, 6.07) is 12.4. The van der Waals surface area contributed by atoms with Crippen LogP contribution in [0, 0.1) is 10.1 Å². The molecule has 0 bridgehead atoms. The van der Waals surface area contributed by atoms with Gasteiger partial charge in [-0.15, -0.1) is 0 Å². The minimum Gasteiger partial charge on any atom is -0.382 e. The van der Waals surface area contributed by atoms with Gasteiger partial charge in [-0.2, -0.15) is 0 Å². The molecule has 0 heterocycles. The van der Waals surface area contributed by atoms with E-state index in [0.717, 1.165) is 5.56 Å². The lowest BCUT2D eigenvalue weighted by Crippen LogP contribution is -2.09. The third-order valence-electron chi connectivity index (χ3n) is 3.23. The van der Waals surface area contributed by atoms with Gasteiger partial charge in [0.05, 0.1) is 11.0 Å². The van der Waals surface area contributed by atoms with Gasteiger partial charge >= 0.3 is 5.69 Å². The number of nitro benzene ring substituents is 1. The Labute approximate surface area is 128 Å². The van der Waals surface area contributed by atoms with E-state index in [2.05, 4.69) is 10.6 Å². The molecular formula is C15H16ClN3O2. The molecule has 5 nitrogen and oxygen atoms in total. The topological polar surface area (TPSA) is 67.2 Å². The van der Waals surface area contributed by atoms with Crippen LogP contribution in [0.25, 0.3) is 0 Å². The molecule has 21 heavy (non-hydrogen) atoms. The lowest BCUT2D eigenvalue weighted by Gasteiger charge is -2.17. The summed E-state index contributed by atoms with van der Waals surface area (Å²) in [5.74, 6) is 0. The largest absolute Gasteiger partial charge is 0.382 e. The molecule has 0 saturated heterocycles. The van der Waals surface area contributed by atoms with Crippen LogP contribution >= 0.6 is 11.6 Å². The fraction of sp³-hybridized carbons (Fsp3) is 0.200. The van der Waals surface area contributed by atoms with Crippen LogP contribution < -0.4 is 10.6 Å². The van der Waals surface area contributed by atoms with E-state index >= 15 is 0 Å². The summed E-state index contributed by atoms with van der Waals surface area (Å²) in [7, 11) is 1.66. The molecule has 1 unspecified atom stereocenters. The van der Waals surface area contributed by atoms with Crippen LogP contribution in [-0.4, -0.2) is 12.0 Å². The van der Waals surface area contributed by atoms with E-state index in [1.165, 1.54) is 0 Å². The number of halogens is 1. The molecule has 6 heteroatoms. The molecule has 110 valence electrons. The molecular weight excluding hydrogens is 290 g/mol. The lowest BCUT2D eigenvalue weighted by atomic mass is 10.1. The molecule has 2 aromatic carbocycles. The zero-order valence-corrected chi connectivity index (χ0v) is 12.5. The Bertz CT molecular complexity index is 661. The monoisotopic (exact) mass is 305 g/mol. The zero-order chi connectivity index (χ0) is 15.4. The van der Waals surface area contributed by atoms with Crippen LogP contribution in [0.15, 0.2) is 42.5 Å². The first-order valence-corrected chi connectivity index (χ1v) is 6.88. The number of rotatable bonds is 5. The fourth-order valence-corrected chi connectivity index (χ4v) is 2.50. The number of hydrogen-bond acceptors (Lipinski definition) is 4. The van der Waals surface area contributed by atoms with Gasteiger partial charge in [0.1, 0.15) is 11.4 Å². The predicted molar refractivity (Wildman–Crippen MR) is 86.1 cm³/mol. The van der Waals surface area contributed by atoms with Crippen molar-refractivity contribution in [2.75, 3.05) is 17.7 Å². The van der Waals surface area contributed by atoms with Gasteiger partial charge < -0.3 is 10.6 Å². The van der Waals surface area contributed by atoms with Crippen LogP contribution in [0.4, 0.5) is 17.1 Å². The van der Waals surface area contributed by atoms with Crippen LogP contribution in [0.2, 0.25) is 5.02 Å². The standard InChI is InChI=1S/C15H16ClN3O2/c1-10(11-6-3-4-7-12(11)16)18-14-9-5-8-13(17-2)15(14)19(20)21/h3-10,17-18H,1-2H3. The maximum Gasteiger partial charge on any atom is 0.315 e. The maximum absolute atomic E-state index is 11.3. The van der Waals surface area contributed by atoms with E-state index in [1.807, 2.05) is 25.1 Å². The Balaban J connectivity index is 2.36. The van der Waals surface area contributed by atoms with Crippen molar-refractivity contribution in [1.29, 1.82) is 0 Å². The Morgan fingerprint density at radius 1 is 1.14 bits per heavy atom. The number of benzene rings is 2. The van der Waals surface area contributed by atoms with Crippen molar-refractivity contribution in [3.63, 3.8) is 0 Å². The number of para-hydroxylation sites is 1. The lowest BCUT2D eigenvalue weighted by molar-refractivity contribution is -0.383. The van der Waals surface area contributed by atoms with Crippen molar-refractivity contribution >= 4 is 28.7 Å². The fourth-order valence-electron chi connectivity index (χ4n) is 2.20. The Morgan fingerprint density at radius 3 is 2.43 bits per heavy atom. The van der Waals surface area contributed by atoms with E-state index in [-0.39, 0.29) is 11.7 Å². The summed E-state index contributed by atoms with van der Waals surface area (Å²) in [5.41, 5.74) is 1.85. The molecule has 2 N–H and O–H groups in total. The first-order chi connectivity index (χ1) is 10.0. The normalized spacial score (nSPS) is 11.8. The van der Waals surface area contributed by atoms with Crippen LogP contribution in [-0.2, 0) is 0 Å². The quantitative estimate of drug-likeness (QED) is 0.632. The van der Waals surface area contributed by atoms with E-state index in [1.54, 1.807) is 31.3 Å². The molecule has 0 spiro atoms. The summed E-state index contributed by atoms with van der Waals surface area (Å²) in [6.07, 6.45) is 0. The van der Waals surface area contributed by atoms with Crippen molar-refractivity contribution in [1.82, 2.24) is 0 Å². The summed E-state index contributed by atoms with van der Waals surface area (Å²) < 4.78 is 0. The highest BCUT2D eigenvalue weighted by Crippen LogP contribution is 2.35. The smallest absolute Gasteiger partial charge is 0.315 e. The molecule has 0 amide bonds. The highest BCUT2D eigenvalue weighted by Gasteiger charge is 2.20. The second-order valence-corrected chi connectivity index (χ2v) is 5.00. The van der Waals surface area contributed by atoms with Crippen molar-refractivity contribution in [2.24, 2.45) is 0 Å². The molecule has 0 aliphatic rings. The molecule has 0 saturated carbocycles.